The van der Waals surface area contributed by atoms with Crippen LogP contribution >= 0.6 is 0 Å². The molecule has 4 heteroatoms. The summed E-state index contributed by atoms with van der Waals surface area (Å²) in [7, 11) is 0. The van der Waals surface area contributed by atoms with Gasteiger partial charge in [0.05, 0.1) is 6.04 Å². The highest BCUT2D eigenvalue weighted by Gasteiger charge is 2.22. The third-order valence-electron chi connectivity index (χ3n) is 2.32. The summed E-state index contributed by atoms with van der Waals surface area (Å²) in [5.74, 6) is 1.88. The molecule has 2 rings (SSSR count). The van der Waals surface area contributed by atoms with Crippen molar-refractivity contribution in [1.82, 2.24) is 15.5 Å². The van der Waals surface area contributed by atoms with Crippen LogP contribution in [0.2, 0.25) is 0 Å². The molecule has 1 atom stereocenters. The number of aromatic nitrogens is 2. The summed E-state index contributed by atoms with van der Waals surface area (Å²) in [6.45, 7) is 5.18. The van der Waals surface area contributed by atoms with Gasteiger partial charge in [0, 0.05) is 5.92 Å². The molecule has 1 aromatic rings. The number of hydrogen-bond donors (Lipinski definition) is 1. The van der Waals surface area contributed by atoms with Crippen LogP contribution in [0.4, 0.5) is 0 Å². The average molecular weight is 181 g/mol. The van der Waals surface area contributed by atoms with E-state index in [1.54, 1.807) is 0 Å². The van der Waals surface area contributed by atoms with Gasteiger partial charge < -0.3 is 9.84 Å². The molecule has 0 saturated carbocycles. The molecule has 1 aliphatic heterocycles. The highest BCUT2D eigenvalue weighted by molar-refractivity contribution is 4.98. The second-order valence-electron chi connectivity index (χ2n) is 3.79. The van der Waals surface area contributed by atoms with Gasteiger partial charge in [-0.05, 0) is 19.4 Å². The molecule has 72 valence electrons. The largest absolute Gasteiger partial charge is 0.339 e. The zero-order valence-corrected chi connectivity index (χ0v) is 8.08. The van der Waals surface area contributed by atoms with Gasteiger partial charge in [0.25, 0.3) is 0 Å². The number of nitrogens with one attached hydrogen (secondary N) is 1. The molecule has 1 aliphatic rings. The Morgan fingerprint density at radius 2 is 2.38 bits per heavy atom. The van der Waals surface area contributed by atoms with E-state index in [4.69, 9.17) is 4.52 Å². The van der Waals surface area contributed by atoms with Gasteiger partial charge in [-0.3, -0.25) is 0 Å². The summed E-state index contributed by atoms with van der Waals surface area (Å²) in [6, 6.07) is 0.316. The summed E-state index contributed by atoms with van der Waals surface area (Å²) in [5, 5.41) is 7.31. The van der Waals surface area contributed by atoms with Gasteiger partial charge >= 0.3 is 0 Å². The molecule has 1 unspecified atom stereocenters. The third-order valence-corrected chi connectivity index (χ3v) is 2.32. The van der Waals surface area contributed by atoms with Crippen molar-refractivity contribution in [3.8, 4) is 0 Å². The fourth-order valence-electron chi connectivity index (χ4n) is 1.53. The van der Waals surface area contributed by atoms with E-state index in [0.29, 0.717) is 12.0 Å². The van der Waals surface area contributed by atoms with Crippen LogP contribution in [0.25, 0.3) is 0 Å². The topological polar surface area (TPSA) is 51.0 Å². The fourth-order valence-corrected chi connectivity index (χ4v) is 1.53. The Hall–Kier alpha value is -0.900. The molecule has 0 spiro atoms. The first-order valence-electron chi connectivity index (χ1n) is 4.84. The minimum absolute atomic E-state index is 0.316. The second-order valence-corrected chi connectivity index (χ2v) is 3.79. The molecule has 1 fully saturated rings. The fraction of sp³-hybridized carbons (Fsp3) is 0.778. The molecule has 0 amide bonds. The highest BCUT2D eigenvalue weighted by Crippen LogP contribution is 2.21. The van der Waals surface area contributed by atoms with E-state index in [-0.39, 0.29) is 0 Å². The normalized spacial score (nSPS) is 22.8. The smallest absolute Gasteiger partial charge is 0.229 e. The van der Waals surface area contributed by atoms with E-state index in [9.17, 15) is 0 Å². The lowest BCUT2D eigenvalue weighted by atomic mass is 10.2. The number of rotatable bonds is 2. The molecule has 0 bridgehead atoms. The van der Waals surface area contributed by atoms with Crippen molar-refractivity contribution >= 4 is 0 Å². The SMILES string of the molecule is CC(C)c1nc(C2CCCN2)no1. The molecule has 0 radical (unpaired) electrons. The summed E-state index contributed by atoms with van der Waals surface area (Å²) in [4.78, 5) is 4.35. The van der Waals surface area contributed by atoms with Crippen molar-refractivity contribution < 1.29 is 4.52 Å². The highest BCUT2D eigenvalue weighted by atomic mass is 16.5. The molecule has 1 N–H and O–H groups in total. The number of nitrogens with zero attached hydrogens (tertiary/aromatic N) is 2. The van der Waals surface area contributed by atoms with E-state index in [1.165, 1.54) is 6.42 Å². The molecule has 13 heavy (non-hydrogen) atoms. The molecule has 0 aliphatic carbocycles. The Labute approximate surface area is 77.7 Å². The van der Waals surface area contributed by atoms with Crippen molar-refractivity contribution in [2.24, 2.45) is 0 Å². The molecule has 1 aromatic heterocycles. The van der Waals surface area contributed by atoms with Crippen LogP contribution in [0.5, 0.6) is 0 Å². The Kier molecular flexibility index (Phi) is 2.31. The maximum atomic E-state index is 5.14. The third kappa shape index (κ3) is 1.72. The molecule has 4 nitrogen and oxygen atoms in total. The van der Waals surface area contributed by atoms with E-state index >= 15 is 0 Å². The van der Waals surface area contributed by atoms with E-state index < -0.39 is 0 Å². The minimum atomic E-state index is 0.316. The first-order chi connectivity index (χ1) is 6.27. The minimum Gasteiger partial charge on any atom is -0.339 e. The first kappa shape index (κ1) is 8.69. The molecule has 1 saturated heterocycles. The quantitative estimate of drug-likeness (QED) is 0.753. The first-order valence-corrected chi connectivity index (χ1v) is 4.84. The van der Waals surface area contributed by atoms with Crippen LogP contribution in [-0.4, -0.2) is 16.7 Å². The Bertz CT molecular complexity index is 276. The zero-order valence-electron chi connectivity index (χ0n) is 8.08. The van der Waals surface area contributed by atoms with Gasteiger partial charge in [0.2, 0.25) is 5.89 Å². The van der Waals surface area contributed by atoms with Crippen LogP contribution in [0.1, 0.15) is 50.4 Å². The predicted octanol–water partition coefficient (Wildman–Crippen LogP) is 1.62. The van der Waals surface area contributed by atoms with Crippen LogP contribution in [0.3, 0.4) is 0 Å². The second kappa shape index (κ2) is 3.46. The van der Waals surface area contributed by atoms with E-state index in [2.05, 4.69) is 29.3 Å². The van der Waals surface area contributed by atoms with Crippen LogP contribution < -0.4 is 5.32 Å². The maximum Gasteiger partial charge on any atom is 0.229 e. The summed E-state index contributed by atoms with van der Waals surface area (Å²) in [6.07, 6.45) is 2.33. The number of hydrogen-bond acceptors (Lipinski definition) is 4. The van der Waals surface area contributed by atoms with Gasteiger partial charge in [0.1, 0.15) is 0 Å². The van der Waals surface area contributed by atoms with Crippen molar-refractivity contribution in [1.29, 1.82) is 0 Å². The Morgan fingerprint density at radius 3 is 2.92 bits per heavy atom. The lowest BCUT2D eigenvalue weighted by Crippen LogP contribution is -2.14. The summed E-state index contributed by atoms with van der Waals surface area (Å²) in [5.41, 5.74) is 0. The van der Waals surface area contributed by atoms with Crippen molar-refractivity contribution in [2.45, 2.75) is 38.6 Å². The summed E-state index contributed by atoms with van der Waals surface area (Å²) >= 11 is 0. The molecular formula is C9H15N3O. The van der Waals surface area contributed by atoms with Crippen molar-refractivity contribution in [3.63, 3.8) is 0 Å². The zero-order chi connectivity index (χ0) is 9.26. The standard InChI is InChI=1S/C9H15N3O/c1-6(2)9-11-8(12-13-9)7-4-3-5-10-7/h6-7,10H,3-5H2,1-2H3. The summed E-state index contributed by atoms with van der Waals surface area (Å²) < 4.78 is 5.14. The van der Waals surface area contributed by atoms with Gasteiger partial charge in [-0.25, -0.2) is 0 Å². The lowest BCUT2D eigenvalue weighted by molar-refractivity contribution is 0.356. The van der Waals surface area contributed by atoms with Crippen LogP contribution in [0, 0.1) is 0 Å². The monoisotopic (exact) mass is 181 g/mol. The van der Waals surface area contributed by atoms with Crippen molar-refractivity contribution in [2.75, 3.05) is 6.54 Å². The Morgan fingerprint density at radius 1 is 1.54 bits per heavy atom. The van der Waals surface area contributed by atoms with Gasteiger partial charge in [-0.1, -0.05) is 19.0 Å². The van der Waals surface area contributed by atoms with Crippen molar-refractivity contribution in [3.05, 3.63) is 11.7 Å². The van der Waals surface area contributed by atoms with Crippen LogP contribution in [0.15, 0.2) is 4.52 Å². The average Bonchev–Trinajstić information content (AvgIpc) is 2.75. The molecule has 0 aromatic carbocycles. The van der Waals surface area contributed by atoms with Gasteiger partial charge in [-0.2, -0.15) is 4.98 Å². The predicted molar refractivity (Wildman–Crippen MR) is 48.4 cm³/mol. The van der Waals surface area contributed by atoms with E-state index in [1.807, 2.05) is 0 Å². The molecule has 2 heterocycles. The van der Waals surface area contributed by atoms with Gasteiger partial charge in [0.15, 0.2) is 5.82 Å². The van der Waals surface area contributed by atoms with E-state index in [0.717, 1.165) is 24.7 Å². The van der Waals surface area contributed by atoms with Gasteiger partial charge in [-0.15, -0.1) is 0 Å². The molecular weight excluding hydrogens is 166 g/mol. The lowest BCUT2D eigenvalue weighted by Gasteiger charge is -2.01. The maximum absolute atomic E-state index is 5.14. The Balaban J connectivity index is 2.12. The van der Waals surface area contributed by atoms with Crippen LogP contribution in [-0.2, 0) is 0 Å².